The third-order valence-electron chi connectivity index (χ3n) is 3.27. The first-order valence-electron chi connectivity index (χ1n) is 7.26. The summed E-state index contributed by atoms with van der Waals surface area (Å²) in [6.07, 6.45) is 2.09. The molecule has 110 valence electrons. The van der Waals surface area contributed by atoms with Crippen LogP contribution in [0.15, 0.2) is 24.3 Å². The summed E-state index contributed by atoms with van der Waals surface area (Å²) in [6.45, 7) is 5.29. The van der Waals surface area contributed by atoms with Crippen LogP contribution in [-0.4, -0.2) is 41.7 Å². The van der Waals surface area contributed by atoms with Crippen molar-refractivity contribution in [2.24, 2.45) is 5.92 Å². The van der Waals surface area contributed by atoms with Crippen LogP contribution in [0.3, 0.4) is 0 Å². The molecule has 4 heteroatoms. The molecule has 1 saturated carbocycles. The first-order chi connectivity index (χ1) is 9.61. The lowest BCUT2D eigenvalue weighted by atomic mass is 10.2. The van der Waals surface area contributed by atoms with Crippen LogP contribution in [0.25, 0.3) is 0 Å². The molecule has 1 amide bonds. The highest BCUT2D eigenvalue weighted by Crippen LogP contribution is 2.28. The molecule has 0 unspecified atom stereocenters. The monoisotopic (exact) mass is 277 g/mol. The maximum atomic E-state index is 12.4. The van der Waals surface area contributed by atoms with E-state index in [9.17, 15) is 4.79 Å². The van der Waals surface area contributed by atoms with Crippen molar-refractivity contribution in [3.8, 4) is 5.75 Å². The zero-order chi connectivity index (χ0) is 14.5. The molecular formula is C16H23NO3. The molecule has 0 atom stereocenters. The highest BCUT2D eigenvalue weighted by Gasteiger charge is 2.32. The predicted octanol–water partition coefficient (Wildman–Crippen LogP) is 2.32. The zero-order valence-electron chi connectivity index (χ0n) is 12.2. The molecule has 1 aromatic rings. The quantitative estimate of drug-likeness (QED) is 0.832. The van der Waals surface area contributed by atoms with E-state index in [0.717, 1.165) is 18.6 Å². The highest BCUT2D eigenvalue weighted by atomic mass is 16.5. The number of carbonyl (C=O) groups is 1. The van der Waals surface area contributed by atoms with Crippen molar-refractivity contribution in [3.05, 3.63) is 29.8 Å². The second kappa shape index (κ2) is 6.75. The minimum Gasteiger partial charge on any atom is -0.493 e. The second-order valence-corrected chi connectivity index (χ2v) is 5.68. The second-order valence-electron chi connectivity index (χ2n) is 5.68. The van der Waals surface area contributed by atoms with Gasteiger partial charge in [0.2, 0.25) is 0 Å². The van der Waals surface area contributed by atoms with Crippen molar-refractivity contribution in [1.29, 1.82) is 0 Å². The van der Waals surface area contributed by atoms with Gasteiger partial charge in [-0.15, -0.1) is 0 Å². The molecule has 0 aliphatic heterocycles. The normalized spacial score (nSPS) is 14.4. The van der Waals surface area contributed by atoms with E-state index in [0.29, 0.717) is 30.7 Å². The van der Waals surface area contributed by atoms with Crippen molar-refractivity contribution in [2.45, 2.75) is 32.7 Å². The maximum absolute atomic E-state index is 12.4. The van der Waals surface area contributed by atoms with E-state index >= 15 is 0 Å². The number of carbonyl (C=O) groups excluding carboxylic acids is 1. The Morgan fingerprint density at radius 3 is 2.50 bits per heavy atom. The van der Waals surface area contributed by atoms with Crippen molar-refractivity contribution < 1.29 is 14.6 Å². The third-order valence-corrected chi connectivity index (χ3v) is 3.27. The van der Waals surface area contributed by atoms with Crippen LogP contribution >= 0.6 is 0 Å². The first kappa shape index (κ1) is 14.9. The van der Waals surface area contributed by atoms with E-state index < -0.39 is 0 Å². The van der Waals surface area contributed by atoms with Crippen LogP contribution in [-0.2, 0) is 0 Å². The molecule has 0 aromatic heterocycles. The number of hydrogen-bond acceptors (Lipinski definition) is 3. The number of hydrogen-bond donors (Lipinski definition) is 1. The van der Waals surface area contributed by atoms with Gasteiger partial charge in [-0.1, -0.05) is 13.8 Å². The average molecular weight is 277 g/mol. The standard InChI is InChI=1S/C16H23NO3/c1-12(2)11-20-15-7-3-13(4-8-15)16(19)17(9-10-18)14-5-6-14/h3-4,7-8,12,14,18H,5-6,9-11H2,1-2H3. The summed E-state index contributed by atoms with van der Waals surface area (Å²) in [6, 6.07) is 7.57. The Hall–Kier alpha value is -1.55. The highest BCUT2D eigenvalue weighted by molar-refractivity contribution is 5.94. The van der Waals surface area contributed by atoms with Crippen molar-refractivity contribution >= 4 is 5.91 Å². The molecule has 1 N–H and O–H groups in total. The van der Waals surface area contributed by atoms with Gasteiger partial charge in [0.05, 0.1) is 13.2 Å². The molecule has 1 aliphatic carbocycles. The van der Waals surface area contributed by atoms with Gasteiger partial charge < -0.3 is 14.7 Å². The number of aliphatic hydroxyl groups excluding tert-OH is 1. The molecule has 2 rings (SSSR count). The summed E-state index contributed by atoms with van der Waals surface area (Å²) in [7, 11) is 0. The summed E-state index contributed by atoms with van der Waals surface area (Å²) < 4.78 is 5.61. The van der Waals surface area contributed by atoms with E-state index in [1.165, 1.54) is 0 Å². The van der Waals surface area contributed by atoms with Crippen molar-refractivity contribution in [1.82, 2.24) is 4.90 Å². The Labute approximate surface area is 120 Å². The Morgan fingerprint density at radius 2 is 2.00 bits per heavy atom. The topological polar surface area (TPSA) is 49.8 Å². The smallest absolute Gasteiger partial charge is 0.254 e. The molecule has 0 saturated heterocycles. The number of amides is 1. The van der Waals surface area contributed by atoms with Gasteiger partial charge >= 0.3 is 0 Å². The van der Waals surface area contributed by atoms with E-state index in [4.69, 9.17) is 9.84 Å². The van der Waals surface area contributed by atoms with Gasteiger partial charge in [-0.25, -0.2) is 0 Å². The fourth-order valence-electron chi connectivity index (χ4n) is 2.07. The minimum absolute atomic E-state index is 0.00282. The zero-order valence-corrected chi connectivity index (χ0v) is 12.2. The Kier molecular flexibility index (Phi) is 5.01. The minimum atomic E-state index is -0.00282. The number of benzene rings is 1. The lowest BCUT2D eigenvalue weighted by Gasteiger charge is -2.21. The lowest BCUT2D eigenvalue weighted by Crippen LogP contribution is -2.35. The van der Waals surface area contributed by atoms with E-state index in [1.807, 2.05) is 12.1 Å². The number of nitrogens with zero attached hydrogens (tertiary/aromatic N) is 1. The molecule has 1 aliphatic rings. The van der Waals surface area contributed by atoms with Gasteiger partial charge in [-0.3, -0.25) is 4.79 Å². The summed E-state index contributed by atoms with van der Waals surface area (Å²) in [5.41, 5.74) is 0.655. The van der Waals surface area contributed by atoms with Crippen LogP contribution in [0.2, 0.25) is 0 Å². The number of rotatable bonds is 7. The molecule has 1 fully saturated rings. The molecule has 0 radical (unpaired) electrons. The summed E-state index contributed by atoms with van der Waals surface area (Å²) in [5, 5.41) is 9.06. The van der Waals surface area contributed by atoms with E-state index in [1.54, 1.807) is 17.0 Å². The van der Waals surface area contributed by atoms with E-state index in [2.05, 4.69) is 13.8 Å². The van der Waals surface area contributed by atoms with Gasteiger partial charge in [0.25, 0.3) is 5.91 Å². The fourth-order valence-corrected chi connectivity index (χ4v) is 2.07. The number of aliphatic hydroxyl groups is 1. The third kappa shape index (κ3) is 3.97. The molecule has 0 bridgehead atoms. The lowest BCUT2D eigenvalue weighted by molar-refractivity contribution is 0.0707. The Bertz CT molecular complexity index is 438. The van der Waals surface area contributed by atoms with Crippen LogP contribution in [0.1, 0.15) is 37.0 Å². The van der Waals surface area contributed by atoms with Crippen LogP contribution in [0, 0.1) is 5.92 Å². The van der Waals surface area contributed by atoms with E-state index in [-0.39, 0.29) is 12.5 Å². The maximum Gasteiger partial charge on any atom is 0.254 e. The van der Waals surface area contributed by atoms with Crippen molar-refractivity contribution in [3.63, 3.8) is 0 Å². The molecule has 0 heterocycles. The van der Waals surface area contributed by atoms with Gasteiger partial charge in [0, 0.05) is 18.2 Å². The Balaban J connectivity index is 1.99. The molecule has 1 aromatic carbocycles. The Morgan fingerprint density at radius 1 is 1.35 bits per heavy atom. The first-order valence-corrected chi connectivity index (χ1v) is 7.26. The van der Waals surface area contributed by atoms with Gasteiger partial charge in [0.15, 0.2) is 0 Å². The largest absolute Gasteiger partial charge is 0.493 e. The predicted molar refractivity (Wildman–Crippen MR) is 77.9 cm³/mol. The SMILES string of the molecule is CC(C)COc1ccc(C(=O)N(CCO)C2CC2)cc1. The molecular weight excluding hydrogens is 254 g/mol. The van der Waals surface area contributed by atoms with Crippen LogP contribution in [0.4, 0.5) is 0 Å². The molecule has 20 heavy (non-hydrogen) atoms. The van der Waals surface area contributed by atoms with Crippen LogP contribution < -0.4 is 4.74 Å². The number of ether oxygens (including phenoxy) is 1. The van der Waals surface area contributed by atoms with Crippen molar-refractivity contribution in [2.75, 3.05) is 19.8 Å². The fraction of sp³-hybridized carbons (Fsp3) is 0.562. The van der Waals surface area contributed by atoms with Gasteiger partial charge in [-0.2, -0.15) is 0 Å². The summed E-state index contributed by atoms with van der Waals surface area (Å²) >= 11 is 0. The summed E-state index contributed by atoms with van der Waals surface area (Å²) in [4.78, 5) is 14.1. The summed E-state index contributed by atoms with van der Waals surface area (Å²) in [5.74, 6) is 1.26. The molecule has 4 nitrogen and oxygen atoms in total. The van der Waals surface area contributed by atoms with Gasteiger partial charge in [0.1, 0.15) is 5.75 Å². The van der Waals surface area contributed by atoms with Crippen LogP contribution in [0.5, 0.6) is 5.75 Å². The molecule has 0 spiro atoms. The average Bonchev–Trinajstić information content (AvgIpc) is 3.27. The van der Waals surface area contributed by atoms with Gasteiger partial charge in [-0.05, 0) is 43.0 Å².